The number of imidazole rings is 1. The Morgan fingerprint density at radius 3 is 2.92 bits per heavy atom. The SMILES string of the molecule is C=CCO[C@H]1CN(S(=O)(=O)c2cn(C)cn2)C[C@@H]1Nc1cccc(Cl)c1. The van der Waals surface area contributed by atoms with E-state index in [1.165, 1.54) is 16.8 Å². The lowest BCUT2D eigenvalue weighted by molar-refractivity contribution is 0.0793. The highest BCUT2D eigenvalue weighted by atomic mass is 35.5. The van der Waals surface area contributed by atoms with Crippen molar-refractivity contribution < 1.29 is 13.2 Å². The normalized spacial score (nSPS) is 21.0. The zero-order valence-corrected chi connectivity index (χ0v) is 15.9. The van der Waals surface area contributed by atoms with Gasteiger partial charge in [0.25, 0.3) is 10.0 Å². The molecule has 1 aliphatic heterocycles. The van der Waals surface area contributed by atoms with Crippen LogP contribution >= 0.6 is 11.6 Å². The molecule has 0 unspecified atom stereocenters. The Bertz CT molecular complexity index is 884. The predicted molar refractivity (Wildman–Crippen MR) is 101 cm³/mol. The first kappa shape index (κ1) is 18.9. The summed E-state index contributed by atoms with van der Waals surface area (Å²) in [6, 6.07) is 7.08. The number of benzene rings is 1. The monoisotopic (exact) mass is 396 g/mol. The third kappa shape index (κ3) is 4.09. The molecule has 1 saturated heterocycles. The van der Waals surface area contributed by atoms with Crippen molar-refractivity contribution in [1.29, 1.82) is 0 Å². The number of sulfonamides is 1. The molecular weight excluding hydrogens is 376 g/mol. The van der Waals surface area contributed by atoms with E-state index < -0.39 is 10.0 Å². The molecule has 0 radical (unpaired) electrons. The minimum Gasteiger partial charge on any atom is -0.378 e. The van der Waals surface area contributed by atoms with Gasteiger partial charge >= 0.3 is 0 Å². The van der Waals surface area contributed by atoms with E-state index in [1.807, 2.05) is 12.1 Å². The minimum atomic E-state index is -3.68. The van der Waals surface area contributed by atoms with Crippen LogP contribution in [0.2, 0.25) is 5.02 Å². The highest BCUT2D eigenvalue weighted by Gasteiger charge is 2.40. The molecule has 2 heterocycles. The van der Waals surface area contributed by atoms with E-state index in [2.05, 4.69) is 16.9 Å². The molecule has 2 aromatic rings. The summed E-state index contributed by atoms with van der Waals surface area (Å²) >= 11 is 6.03. The standard InChI is InChI=1S/C17H21ClN4O3S/c1-3-7-25-16-10-22(26(23,24)17-11-21(2)12-19-17)9-15(16)20-14-6-4-5-13(18)8-14/h3-6,8,11-12,15-16,20H,1,7,9-10H2,2H3/t15-,16-/m0/s1. The fraction of sp³-hybridized carbons (Fsp3) is 0.353. The Labute approximate surface area is 158 Å². The number of nitrogens with zero attached hydrogens (tertiary/aromatic N) is 3. The van der Waals surface area contributed by atoms with Gasteiger partial charge in [-0.2, -0.15) is 4.31 Å². The zero-order valence-electron chi connectivity index (χ0n) is 14.4. The second kappa shape index (κ2) is 7.79. The third-order valence-corrected chi connectivity index (χ3v) is 6.08. The van der Waals surface area contributed by atoms with Crippen LogP contribution in [-0.2, 0) is 21.8 Å². The molecule has 9 heteroatoms. The molecule has 0 spiro atoms. The third-order valence-electron chi connectivity index (χ3n) is 4.12. The molecule has 7 nitrogen and oxygen atoms in total. The van der Waals surface area contributed by atoms with Crippen molar-refractivity contribution >= 4 is 27.3 Å². The maximum atomic E-state index is 12.8. The van der Waals surface area contributed by atoms with Crippen LogP contribution in [0.1, 0.15) is 0 Å². The van der Waals surface area contributed by atoms with E-state index in [4.69, 9.17) is 16.3 Å². The predicted octanol–water partition coefficient (Wildman–Crippen LogP) is 2.13. The number of hydrogen-bond acceptors (Lipinski definition) is 5. The van der Waals surface area contributed by atoms with Gasteiger partial charge in [-0.05, 0) is 18.2 Å². The molecule has 0 amide bonds. The van der Waals surface area contributed by atoms with Crippen molar-refractivity contribution in [3.63, 3.8) is 0 Å². The van der Waals surface area contributed by atoms with Gasteiger partial charge in [0.2, 0.25) is 0 Å². The molecule has 1 aromatic carbocycles. The van der Waals surface area contributed by atoms with Gasteiger partial charge in [0.05, 0.1) is 25.1 Å². The fourth-order valence-corrected chi connectivity index (χ4v) is 4.52. The topological polar surface area (TPSA) is 76.5 Å². The molecule has 140 valence electrons. The maximum absolute atomic E-state index is 12.8. The van der Waals surface area contributed by atoms with Gasteiger partial charge in [0.1, 0.15) is 0 Å². The van der Waals surface area contributed by atoms with Crippen molar-refractivity contribution in [1.82, 2.24) is 13.9 Å². The molecular formula is C17H21ClN4O3S. The van der Waals surface area contributed by atoms with Gasteiger partial charge in [0.15, 0.2) is 5.03 Å². The first-order valence-corrected chi connectivity index (χ1v) is 9.94. The number of aromatic nitrogens is 2. The number of aryl methyl sites for hydroxylation is 1. The van der Waals surface area contributed by atoms with Crippen LogP contribution in [0, 0.1) is 0 Å². The largest absolute Gasteiger partial charge is 0.378 e. The number of nitrogens with one attached hydrogen (secondary N) is 1. The summed E-state index contributed by atoms with van der Waals surface area (Å²) in [5.74, 6) is 0. The maximum Gasteiger partial charge on any atom is 0.262 e. The molecule has 1 fully saturated rings. The lowest BCUT2D eigenvalue weighted by Crippen LogP contribution is -2.34. The number of rotatable bonds is 7. The Morgan fingerprint density at radius 2 is 2.27 bits per heavy atom. The van der Waals surface area contributed by atoms with Crippen LogP contribution in [0.3, 0.4) is 0 Å². The van der Waals surface area contributed by atoms with Crippen molar-refractivity contribution in [2.45, 2.75) is 17.2 Å². The number of hydrogen-bond donors (Lipinski definition) is 1. The summed E-state index contributed by atoms with van der Waals surface area (Å²) in [5.41, 5.74) is 0.812. The van der Waals surface area contributed by atoms with Crippen molar-refractivity contribution in [2.24, 2.45) is 7.05 Å². The van der Waals surface area contributed by atoms with Gasteiger partial charge in [0, 0.05) is 37.0 Å². The first-order chi connectivity index (χ1) is 12.4. The lowest BCUT2D eigenvalue weighted by Gasteiger charge is -2.20. The molecule has 2 atom stereocenters. The molecule has 26 heavy (non-hydrogen) atoms. The van der Waals surface area contributed by atoms with Crippen LogP contribution in [0.15, 0.2) is 54.5 Å². The smallest absolute Gasteiger partial charge is 0.262 e. The Hall–Kier alpha value is -1.87. The number of halogens is 1. The molecule has 3 rings (SSSR count). The summed E-state index contributed by atoms with van der Waals surface area (Å²) in [6.07, 6.45) is 4.29. The van der Waals surface area contributed by atoms with Crippen LogP contribution in [0.4, 0.5) is 5.69 Å². The lowest BCUT2D eigenvalue weighted by atomic mass is 10.2. The van der Waals surface area contributed by atoms with Crippen LogP contribution in [0.5, 0.6) is 0 Å². The van der Waals surface area contributed by atoms with E-state index in [0.717, 1.165) is 5.69 Å². The van der Waals surface area contributed by atoms with Crippen LogP contribution < -0.4 is 5.32 Å². The molecule has 1 aromatic heterocycles. The van der Waals surface area contributed by atoms with Crippen molar-refractivity contribution in [2.75, 3.05) is 25.0 Å². The average Bonchev–Trinajstić information content (AvgIpc) is 3.20. The van der Waals surface area contributed by atoms with E-state index in [9.17, 15) is 8.42 Å². The molecule has 0 aliphatic carbocycles. The van der Waals surface area contributed by atoms with Gasteiger partial charge in [-0.25, -0.2) is 13.4 Å². The quantitative estimate of drug-likeness (QED) is 0.725. The van der Waals surface area contributed by atoms with Crippen LogP contribution in [-0.4, -0.2) is 54.1 Å². The van der Waals surface area contributed by atoms with Crippen molar-refractivity contribution in [3.05, 3.63) is 54.5 Å². The van der Waals surface area contributed by atoms with E-state index in [-0.39, 0.29) is 30.3 Å². The van der Waals surface area contributed by atoms with E-state index in [1.54, 1.807) is 29.8 Å². The molecule has 0 bridgehead atoms. The van der Waals surface area contributed by atoms with E-state index in [0.29, 0.717) is 11.6 Å². The summed E-state index contributed by atoms with van der Waals surface area (Å²) < 4.78 is 34.5. The average molecular weight is 397 g/mol. The van der Waals surface area contributed by atoms with Crippen LogP contribution in [0.25, 0.3) is 0 Å². The molecule has 1 aliphatic rings. The van der Waals surface area contributed by atoms with Gasteiger partial charge in [-0.1, -0.05) is 23.7 Å². The van der Waals surface area contributed by atoms with Crippen molar-refractivity contribution in [3.8, 4) is 0 Å². The number of ether oxygens (including phenoxy) is 1. The first-order valence-electron chi connectivity index (χ1n) is 8.13. The molecule has 1 N–H and O–H groups in total. The minimum absolute atomic E-state index is 0.0332. The van der Waals surface area contributed by atoms with Gasteiger partial charge in [-0.3, -0.25) is 0 Å². The second-order valence-electron chi connectivity index (χ2n) is 6.12. The summed E-state index contributed by atoms with van der Waals surface area (Å²) in [5, 5.41) is 3.96. The van der Waals surface area contributed by atoms with Gasteiger partial charge < -0.3 is 14.6 Å². The molecule has 0 saturated carbocycles. The van der Waals surface area contributed by atoms with E-state index >= 15 is 0 Å². The summed E-state index contributed by atoms with van der Waals surface area (Å²) in [7, 11) is -1.95. The Morgan fingerprint density at radius 1 is 1.46 bits per heavy atom. The highest BCUT2D eigenvalue weighted by molar-refractivity contribution is 7.89. The number of anilines is 1. The Kier molecular flexibility index (Phi) is 5.67. The fourth-order valence-electron chi connectivity index (χ4n) is 2.88. The second-order valence-corrected chi connectivity index (χ2v) is 8.44. The zero-order chi connectivity index (χ0) is 18.7. The Balaban J connectivity index is 1.80. The summed E-state index contributed by atoms with van der Waals surface area (Å²) in [4.78, 5) is 3.98. The summed E-state index contributed by atoms with van der Waals surface area (Å²) in [6.45, 7) is 4.51. The van der Waals surface area contributed by atoms with Gasteiger partial charge in [-0.15, -0.1) is 6.58 Å². The highest BCUT2D eigenvalue weighted by Crippen LogP contribution is 2.25.